The third-order valence-electron chi connectivity index (χ3n) is 4.41. The van der Waals surface area contributed by atoms with Gasteiger partial charge >= 0.3 is 0 Å². The van der Waals surface area contributed by atoms with Gasteiger partial charge in [-0.05, 0) is 19.1 Å². The summed E-state index contributed by atoms with van der Waals surface area (Å²) in [6, 6.07) is 4.98. The number of pyridine rings is 1. The number of hydrogen-bond donors (Lipinski definition) is 0. The van der Waals surface area contributed by atoms with E-state index in [1.54, 1.807) is 19.2 Å². The summed E-state index contributed by atoms with van der Waals surface area (Å²) in [5.41, 5.74) is 1.51. The minimum absolute atomic E-state index is 0.0356. The molecule has 1 fully saturated rings. The van der Waals surface area contributed by atoms with E-state index in [1.807, 2.05) is 13.0 Å². The molecule has 2 atom stereocenters. The van der Waals surface area contributed by atoms with Gasteiger partial charge in [0.2, 0.25) is 11.8 Å². The number of halogens is 1. The number of aromatic nitrogens is 3. The van der Waals surface area contributed by atoms with Crippen LogP contribution in [-0.2, 0) is 4.74 Å². The summed E-state index contributed by atoms with van der Waals surface area (Å²) in [6.07, 6.45) is 1.31. The molecule has 3 aromatic rings. The second kappa shape index (κ2) is 6.53. The number of morpholine rings is 1. The molecule has 1 aliphatic rings. The smallest absolute Gasteiger partial charge is 0.247 e. The van der Waals surface area contributed by atoms with Gasteiger partial charge in [-0.25, -0.2) is 4.39 Å². The molecule has 0 amide bonds. The van der Waals surface area contributed by atoms with Crippen LogP contribution in [0.15, 0.2) is 28.8 Å². The van der Waals surface area contributed by atoms with Crippen LogP contribution in [-0.4, -0.2) is 41.5 Å². The van der Waals surface area contributed by atoms with Gasteiger partial charge in [-0.3, -0.25) is 4.98 Å². The van der Waals surface area contributed by atoms with Crippen molar-refractivity contribution in [2.45, 2.75) is 26.1 Å². The number of ether oxygens (including phenoxy) is 2. The first kappa shape index (κ1) is 16.7. The molecule has 2 aromatic heterocycles. The lowest BCUT2D eigenvalue weighted by molar-refractivity contribution is -0.0310. The average molecular weight is 358 g/mol. The van der Waals surface area contributed by atoms with Crippen LogP contribution < -0.4 is 9.64 Å². The second-order valence-electron chi connectivity index (χ2n) is 6.33. The summed E-state index contributed by atoms with van der Waals surface area (Å²) in [4.78, 5) is 6.44. The molecule has 1 saturated heterocycles. The van der Waals surface area contributed by atoms with E-state index in [-0.39, 0.29) is 18.0 Å². The highest BCUT2D eigenvalue weighted by Crippen LogP contribution is 2.34. The molecule has 0 spiro atoms. The van der Waals surface area contributed by atoms with Crippen molar-refractivity contribution in [3.05, 3.63) is 42.0 Å². The zero-order chi connectivity index (χ0) is 18.3. The number of aryl methyl sites for hydroxylation is 1. The van der Waals surface area contributed by atoms with E-state index in [4.69, 9.17) is 13.9 Å². The monoisotopic (exact) mass is 358 g/mol. The van der Waals surface area contributed by atoms with Crippen molar-refractivity contribution < 1.29 is 18.3 Å². The summed E-state index contributed by atoms with van der Waals surface area (Å²) in [5, 5.41) is 8.79. The Balaban J connectivity index is 1.74. The Bertz CT molecular complexity index is 945. The van der Waals surface area contributed by atoms with Crippen molar-refractivity contribution in [2.75, 3.05) is 25.1 Å². The normalized spacial score (nSPS) is 20.5. The highest BCUT2D eigenvalue weighted by Gasteiger charge is 2.31. The van der Waals surface area contributed by atoms with Crippen LogP contribution in [0.25, 0.3) is 10.9 Å². The van der Waals surface area contributed by atoms with Gasteiger partial charge in [-0.1, -0.05) is 0 Å². The van der Waals surface area contributed by atoms with E-state index >= 15 is 0 Å². The maximum absolute atomic E-state index is 14.0. The van der Waals surface area contributed by atoms with Crippen LogP contribution in [0.2, 0.25) is 0 Å². The minimum atomic E-state index is -0.431. The molecule has 7 nitrogen and oxygen atoms in total. The molecule has 0 aliphatic carbocycles. The highest BCUT2D eigenvalue weighted by atomic mass is 19.1. The van der Waals surface area contributed by atoms with Gasteiger partial charge in [0.25, 0.3) is 0 Å². The van der Waals surface area contributed by atoms with Gasteiger partial charge < -0.3 is 18.8 Å². The fourth-order valence-electron chi connectivity index (χ4n) is 3.29. The third-order valence-corrected chi connectivity index (χ3v) is 4.41. The maximum atomic E-state index is 14.0. The molecule has 0 bridgehead atoms. The van der Waals surface area contributed by atoms with Crippen LogP contribution in [0.1, 0.15) is 24.8 Å². The van der Waals surface area contributed by atoms with Crippen molar-refractivity contribution in [1.29, 1.82) is 0 Å². The van der Waals surface area contributed by atoms with E-state index < -0.39 is 5.82 Å². The number of benzene rings is 1. The fourth-order valence-corrected chi connectivity index (χ4v) is 3.29. The van der Waals surface area contributed by atoms with Gasteiger partial charge in [0, 0.05) is 36.8 Å². The molecule has 3 heterocycles. The maximum Gasteiger partial charge on any atom is 0.247 e. The van der Waals surface area contributed by atoms with Crippen LogP contribution >= 0.6 is 0 Å². The van der Waals surface area contributed by atoms with Crippen molar-refractivity contribution in [1.82, 2.24) is 15.2 Å². The fraction of sp³-hybridized carbons (Fsp3) is 0.389. The number of nitrogens with zero attached hydrogens (tertiary/aromatic N) is 4. The van der Waals surface area contributed by atoms with Crippen LogP contribution in [0, 0.1) is 12.7 Å². The topological polar surface area (TPSA) is 73.5 Å². The molecule has 0 radical (unpaired) electrons. The Labute approximate surface area is 149 Å². The molecule has 0 saturated carbocycles. The van der Waals surface area contributed by atoms with Gasteiger partial charge in [0.05, 0.1) is 25.3 Å². The average Bonchev–Trinajstić information content (AvgIpc) is 3.06. The standard InChI is InChI=1S/C18H19FN4O3/c1-10-8-23(9-17(25-10)18-22-21-11(2)26-18)15-4-5-20-14-7-13(19)16(24-3)6-12(14)15/h4-7,10,17H,8-9H2,1-3H3/t10-,17-/m1/s1. The lowest BCUT2D eigenvalue weighted by Crippen LogP contribution is -2.43. The Kier molecular flexibility index (Phi) is 4.20. The summed E-state index contributed by atoms with van der Waals surface area (Å²) in [6.45, 7) is 4.97. The SMILES string of the molecule is COc1cc2c(N3C[C@@H](C)O[C@@H](c4nnc(C)o4)C3)ccnc2cc1F. The van der Waals surface area contributed by atoms with Crippen molar-refractivity contribution in [3.8, 4) is 5.75 Å². The predicted octanol–water partition coefficient (Wildman–Crippen LogP) is 3.04. The van der Waals surface area contributed by atoms with E-state index in [0.29, 0.717) is 30.4 Å². The molecule has 26 heavy (non-hydrogen) atoms. The Morgan fingerprint density at radius 1 is 1.27 bits per heavy atom. The molecule has 1 aromatic carbocycles. The number of methoxy groups -OCH3 is 1. The zero-order valence-electron chi connectivity index (χ0n) is 14.8. The quantitative estimate of drug-likeness (QED) is 0.712. The van der Waals surface area contributed by atoms with E-state index in [0.717, 1.165) is 11.1 Å². The minimum Gasteiger partial charge on any atom is -0.494 e. The van der Waals surface area contributed by atoms with Crippen LogP contribution in [0.3, 0.4) is 0 Å². The van der Waals surface area contributed by atoms with Gasteiger partial charge in [-0.2, -0.15) is 0 Å². The Morgan fingerprint density at radius 2 is 2.12 bits per heavy atom. The van der Waals surface area contributed by atoms with Crippen molar-refractivity contribution in [3.63, 3.8) is 0 Å². The van der Waals surface area contributed by atoms with E-state index in [1.165, 1.54) is 13.2 Å². The third kappa shape index (κ3) is 2.96. The molecule has 0 N–H and O–H groups in total. The summed E-state index contributed by atoms with van der Waals surface area (Å²) in [5.74, 6) is 0.723. The molecular weight excluding hydrogens is 339 g/mol. The number of rotatable bonds is 3. The number of hydrogen-bond acceptors (Lipinski definition) is 7. The summed E-state index contributed by atoms with van der Waals surface area (Å²) >= 11 is 0. The molecule has 1 aliphatic heterocycles. The van der Waals surface area contributed by atoms with E-state index in [9.17, 15) is 4.39 Å². The van der Waals surface area contributed by atoms with Gasteiger partial charge in [-0.15, -0.1) is 10.2 Å². The van der Waals surface area contributed by atoms with Crippen LogP contribution in [0.5, 0.6) is 5.75 Å². The Morgan fingerprint density at radius 3 is 2.85 bits per heavy atom. The second-order valence-corrected chi connectivity index (χ2v) is 6.33. The molecule has 8 heteroatoms. The first-order valence-corrected chi connectivity index (χ1v) is 8.38. The molecule has 136 valence electrons. The molecular formula is C18H19FN4O3. The zero-order valence-corrected chi connectivity index (χ0v) is 14.8. The molecule has 4 rings (SSSR count). The van der Waals surface area contributed by atoms with Gasteiger partial charge in [0.1, 0.15) is 0 Å². The lowest BCUT2D eigenvalue weighted by Gasteiger charge is -2.37. The first-order valence-electron chi connectivity index (χ1n) is 8.38. The van der Waals surface area contributed by atoms with Gasteiger partial charge in [0.15, 0.2) is 17.7 Å². The highest BCUT2D eigenvalue weighted by molar-refractivity contribution is 5.92. The van der Waals surface area contributed by atoms with Crippen molar-refractivity contribution in [2.24, 2.45) is 0 Å². The lowest BCUT2D eigenvalue weighted by atomic mass is 10.1. The molecule has 0 unspecified atom stereocenters. The van der Waals surface area contributed by atoms with E-state index in [2.05, 4.69) is 20.1 Å². The summed E-state index contributed by atoms with van der Waals surface area (Å²) in [7, 11) is 1.45. The van der Waals surface area contributed by atoms with Crippen LogP contribution in [0.4, 0.5) is 10.1 Å². The first-order chi connectivity index (χ1) is 12.5. The Hall–Kier alpha value is -2.74. The number of anilines is 1. The number of fused-ring (bicyclic) bond motifs is 1. The van der Waals surface area contributed by atoms with Crippen molar-refractivity contribution >= 4 is 16.6 Å². The predicted molar refractivity (Wildman–Crippen MR) is 92.8 cm³/mol. The largest absolute Gasteiger partial charge is 0.494 e. The summed E-state index contributed by atoms with van der Waals surface area (Å²) < 4.78 is 30.7.